The minimum atomic E-state index is -0.172. The van der Waals surface area contributed by atoms with Crippen LogP contribution in [0.3, 0.4) is 0 Å². The summed E-state index contributed by atoms with van der Waals surface area (Å²) in [5.41, 5.74) is 2.67. The zero-order valence-electron chi connectivity index (χ0n) is 13.9. The highest BCUT2D eigenvalue weighted by atomic mass is 16.3. The van der Waals surface area contributed by atoms with Crippen LogP contribution in [0.5, 0.6) is 0 Å². The van der Waals surface area contributed by atoms with Gasteiger partial charge in [-0.2, -0.15) is 0 Å². The van der Waals surface area contributed by atoms with Crippen LogP contribution in [0.1, 0.15) is 60.5 Å². The van der Waals surface area contributed by atoms with Gasteiger partial charge in [0.05, 0.1) is 6.10 Å². The van der Waals surface area contributed by atoms with Gasteiger partial charge in [-0.3, -0.25) is 4.79 Å². The third kappa shape index (κ3) is 5.65. The Morgan fingerprint density at radius 3 is 2.17 bits per heavy atom. The van der Waals surface area contributed by atoms with Crippen molar-refractivity contribution in [2.75, 3.05) is 0 Å². The summed E-state index contributed by atoms with van der Waals surface area (Å²) < 4.78 is 0. The quantitative estimate of drug-likeness (QED) is 0.676. The van der Waals surface area contributed by atoms with Crippen LogP contribution in [-0.4, -0.2) is 17.0 Å². The molecule has 0 spiro atoms. The highest BCUT2D eigenvalue weighted by Crippen LogP contribution is 2.14. The molecule has 0 fully saturated rings. The zero-order valence-corrected chi connectivity index (χ0v) is 13.9. The van der Waals surface area contributed by atoms with E-state index in [-0.39, 0.29) is 11.9 Å². The number of carbonyl (C=O) groups is 1. The molecule has 1 atom stereocenters. The molecule has 0 amide bonds. The van der Waals surface area contributed by atoms with Gasteiger partial charge in [-0.1, -0.05) is 74.4 Å². The fraction of sp³-hybridized carbons (Fsp3) is 0.381. The maximum Gasteiger partial charge on any atom is 0.193 e. The zero-order chi connectivity index (χ0) is 16.5. The van der Waals surface area contributed by atoms with Gasteiger partial charge in [-0.25, -0.2) is 0 Å². The molecule has 1 unspecified atom stereocenters. The maximum absolute atomic E-state index is 12.3. The van der Waals surface area contributed by atoms with Crippen molar-refractivity contribution >= 4 is 5.78 Å². The van der Waals surface area contributed by atoms with Crippen LogP contribution < -0.4 is 0 Å². The van der Waals surface area contributed by atoms with Crippen molar-refractivity contribution in [2.24, 2.45) is 0 Å². The first kappa shape index (κ1) is 17.4. The molecule has 0 bridgehead atoms. The first-order valence-corrected chi connectivity index (χ1v) is 8.57. The lowest BCUT2D eigenvalue weighted by Gasteiger charge is -2.09. The van der Waals surface area contributed by atoms with Crippen molar-refractivity contribution in [1.29, 1.82) is 0 Å². The third-order valence-electron chi connectivity index (χ3n) is 4.15. The Balaban J connectivity index is 1.84. The van der Waals surface area contributed by atoms with Crippen LogP contribution in [0.2, 0.25) is 0 Å². The Morgan fingerprint density at radius 2 is 1.52 bits per heavy atom. The number of rotatable bonds is 9. The van der Waals surface area contributed by atoms with Gasteiger partial charge in [0.2, 0.25) is 0 Å². The summed E-state index contributed by atoms with van der Waals surface area (Å²) >= 11 is 0. The molecule has 0 saturated carbocycles. The third-order valence-corrected chi connectivity index (χ3v) is 4.15. The number of aliphatic hydroxyl groups is 1. The van der Waals surface area contributed by atoms with Gasteiger partial charge in [0.1, 0.15) is 0 Å². The van der Waals surface area contributed by atoms with E-state index in [1.54, 1.807) is 0 Å². The van der Waals surface area contributed by atoms with E-state index in [4.69, 9.17) is 0 Å². The molecule has 2 rings (SSSR count). The highest BCUT2D eigenvalue weighted by Gasteiger charge is 2.08. The van der Waals surface area contributed by atoms with Crippen molar-refractivity contribution in [3.63, 3.8) is 0 Å². The molecule has 0 aliphatic rings. The van der Waals surface area contributed by atoms with E-state index in [1.165, 1.54) is 5.56 Å². The summed E-state index contributed by atoms with van der Waals surface area (Å²) in [7, 11) is 0. The lowest BCUT2D eigenvalue weighted by molar-refractivity contribution is 0.103. The minimum absolute atomic E-state index is 0.0622. The molecule has 122 valence electrons. The molecule has 23 heavy (non-hydrogen) atoms. The van der Waals surface area contributed by atoms with Gasteiger partial charge in [0.25, 0.3) is 0 Å². The van der Waals surface area contributed by atoms with Gasteiger partial charge in [0, 0.05) is 11.1 Å². The summed E-state index contributed by atoms with van der Waals surface area (Å²) in [6.07, 6.45) is 5.74. The van der Waals surface area contributed by atoms with Gasteiger partial charge in [-0.05, 0) is 31.2 Å². The first-order valence-electron chi connectivity index (χ1n) is 8.57. The fourth-order valence-corrected chi connectivity index (χ4v) is 2.70. The molecule has 2 nitrogen and oxygen atoms in total. The van der Waals surface area contributed by atoms with Gasteiger partial charge in [-0.15, -0.1) is 0 Å². The molecule has 0 radical (unpaired) electrons. The van der Waals surface area contributed by atoms with Crippen LogP contribution in [0.25, 0.3) is 0 Å². The van der Waals surface area contributed by atoms with Crippen LogP contribution in [0.15, 0.2) is 54.6 Å². The fourth-order valence-electron chi connectivity index (χ4n) is 2.70. The molecular weight excluding hydrogens is 284 g/mol. The molecule has 2 aromatic rings. The molecule has 0 aliphatic carbocycles. The SMILES string of the molecule is CCCCC(O)CCCc1ccc(C(=O)c2ccccc2)cc1. The Kier molecular flexibility index (Phi) is 7.02. The van der Waals surface area contributed by atoms with Crippen molar-refractivity contribution in [3.8, 4) is 0 Å². The topological polar surface area (TPSA) is 37.3 Å². The van der Waals surface area contributed by atoms with E-state index in [0.717, 1.165) is 49.7 Å². The number of aryl methyl sites for hydroxylation is 1. The van der Waals surface area contributed by atoms with E-state index in [1.807, 2.05) is 54.6 Å². The molecule has 0 aromatic heterocycles. The summed E-state index contributed by atoms with van der Waals surface area (Å²) in [5, 5.41) is 9.86. The standard InChI is InChI=1S/C21H26O2/c1-2-3-11-20(22)12-7-8-17-13-15-19(16-14-17)21(23)18-9-5-4-6-10-18/h4-6,9-10,13-16,20,22H,2-3,7-8,11-12H2,1H3. The molecule has 0 aliphatic heterocycles. The number of carbonyl (C=O) groups excluding carboxylic acids is 1. The van der Waals surface area contributed by atoms with Gasteiger partial charge in [0.15, 0.2) is 5.78 Å². The normalized spacial score (nSPS) is 12.1. The van der Waals surface area contributed by atoms with Gasteiger partial charge < -0.3 is 5.11 Å². The van der Waals surface area contributed by atoms with Crippen LogP contribution in [0, 0.1) is 0 Å². The van der Waals surface area contributed by atoms with E-state index in [0.29, 0.717) is 0 Å². The van der Waals surface area contributed by atoms with Crippen LogP contribution in [-0.2, 0) is 6.42 Å². The molecule has 2 heteroatoms. The van der Waals surface area contributed by atoms with Crippen molar-refractivity contribution in [1.82, 2.24) is 0 Å². The number of hydrogen-bond donors (Lipinski definition) is 1. The predicted octanol–water partition coefficient (Wildman–Crippen LogP) is 4.79. The number of aliphatic hydroxyl groups excluding tert-OH is 1. The summed E-state index contributed by atoms with van der Waals surface area (Å²) in [5.74, 6) is 0.0622. The molecule has 0 saturated heterocycles. The molecular formula is C21H26O2. The Hall–Kier alpha value is -1.93. The second-order valence-corrected chi connectivity index (χ2v) is 6.08. The van der Waals surface area contributed by atoms with Gasteiger partial charge >= 0.3 is 0 Å². The second-order valence-electron chi connectivity index (χ2n) is 6.08. The minimum Gasteiger partial charge on any atom is -0.393 e. The van der Waals surface area contributed by atoms with Crippen molar-refractivity contribution < 1.29 is 9.90 Å². The molecule has 1 N–H and O–H groups in total. The smallest absolute Gasteiger partial charge is 0.193 e. The molecule has 0 heterocycles. The number of benzene rings is 2. The second kappa shape index (κ2) is 9.26. The summed E-state index contributed by atoms with van der Waals surface area (Å²) in [6.45, 7) is 2.14. The van der Waals surface area contributed by atoms with E-state index >= 15 is 0 Å². The summed E-state index contributed by atoms with van der Waals surface area (Å²) in [4.78, 5) is 12.3. The Bertz CT molecular complexity index is 587. The maximum atomic E-state index is 12.3. The van der Waals surface area contributed by atoms with E-state index in [9.17, 15) is 9.90 Å². The van der Waals surface area contributed by atoms with Crippen molar-refractivity contribution in [2.45, 2.75) is 51.6 Å². The highest BCUT2D eigenvalue weighted by molar-refractivity contribution is 6.08. The Labute approximate surface area is 139 Å². The first-order chi connectivity index (χ1) is 11.2. The van der Waals surface area contributed by atoms with E-state index < -0.39 is 0 Å². The average Bonchev–Trinajstić information content (AvgIpc) is 2.60. The van der Waals surface area contributed by atoms with E-state index in [2.05, 4.69) is 6.92 Å². The average molecular weight is 310 g/mol. The van der Waals surface area contributed by atoms with Crippen LogP contribution >= 0.6 is 0 Å². The molecule has 2 aromatic carbocycles. The number of unbranched alkanes of at least 4 members (excludes halogenated alkanes) is 1. The lowest BCUT2D eigenvalue weighted by Crippen LogP contribution is -2.06. The van der Waals surface area contributed by atoms with Crippen LogP contribution in [0.4, 0.5) is 0 Å². The monoisotopic (exact) mass is 310 g/mol. The summed E-state index contributed by atoms with van der Waals surface area (Å²) in [6, 6.07) is 17.2. The Morgan fingerprint density at radius 1 is 0.913 bits per heavy atom. The van der Waals surface area contributed by atoms with Crippen molar-refractivity contribution in [3.05, 3.63) is 71.3 Å². The predicted molar refractivity (Wildman–Crippen MR) is 94.8 cm³/mol. The number of ketones is 1. The number of hydrogen-bond acceptors (Lipinski definition) is 2. The largest absolute Gasteiger partial charge is 0.393 e. The lowest BCUT2D eigenvalue weighted by atomic mass is 9.99.